The first kappa shape index (κ1) is 17.8. The minimum Gasteiger partial charge on any atom is -0.297 e. The normalized spacial score (nSPS) is 11.1. The maximum atomic E-state index is 12.8. The molecule has 5 nitrogen and oxygen atoms in total. The molecule has 136 valence electrons. The number of aryl methyl sites for hydroxylation is 3. The topological polar surface area (TPSA) is 67.8 Å². The van der Waals surface area contributed by atoms with Gasteiger partial charge >= 0.3 is 0 Å². The highest BCUT2D eigenvalue weighted by molar-refractivity contribution is 7.21. The standard InChI is InChI=1S/C20H18N4OS2/c1-11-16-12(2)22-13(3)23-19(16)27-17(11)18(25)24-20-21-10-15(26-20)9-14-7-5-4-6-8-14/h4-8,10H,9H2,1-3H3,(H,21,24,25). The van der Waals surface area contributed by atoms with Gasteiger partial charge < -0.3 is 0 Å². The molecule has 7 heteroatoms. The van der Waals surface area contributed by atoms with E-state index in [1.165, 1.54) is 28.2 Å². The minimum atomic E-state index is -0.145. The van der Waals surface area contributed by atoms with Crippen molar-refractivity contribution in [1.82, 2.24) is 15.0 Å². The van der Waals surface area contributed by atoms with E-state index in [0.717, 1.165) is 38.6 Å². The van der Waals surface area contributed by atoms with Crippen molar-refractivity contribution in [2.45, 2.75) is 27.2 Å². The molecule has 1 aromatic carbocycles. The third kappa shape index (κ3) is 3.61. The predicted octanol–water partition coefficient (Wildman–Crippen LogP) is 4.92. The van der Waals surface area contributed by atoms with E-state index in [2.05, 4.69) is 32.4 Å². The SMILES string of the molecule is Cc1nc(C)c2c(C)c(C(=O)Nc3ncc(Cc4ccccc4)s3)sc2n1. The van der Waals surface area contributed by atoms with Gasteiger partial charge in [0.2, 0.25) is 0 Å². The molecule has 0 unspecified atom stereocenters. The summed E-state index contributed by atoms with van der Waals surface area (Å²) in [6, 6.07) is 10.2. The van der Waals surface area contributed by atoms with Crippen LogP contribution < -0.4 is 5.32 Å². The van der Waals surface area contributed by atoms with Gasteiger partial charge in [-0.3, -0.25) is 10.1 Å². The number of benzene rings is 1. The van der Waals surface area contributed by atoms with Crippen molar-refractivity contribution in [2.75, 3.05) is 5.32 Å². The van der Waals surface area contributed by atoms with E-state index in [4.69, 9.17) is 0 Å². The van der Waals surface area contributed by atoms with Crippen LogP contribution in [0.3, 0.4) is 0 Å². The molecule has 3 heterocycles. The molecule has 27 heavy (non-hydrogen) atoms. The zero-order valence-electron chi connectivity index (χ0n) is 15.2. The van der Waals surface area contributed by atoms with Crippen LogP contribution in [0.4, 0.5) is 5.13 Å². The Hall–Kier alpha value is -2.64. The number of anilines is 1. The maximum absolute atomic E-state index is 12.8. The average molecular weight is 395 g/mol. The first-order valence-electron chi connectivity index (χ1n) is 8.55. The van der Waals surface area contributed by atoms with Crippen molar-refractivity contribution < 1.29 is 4.79 Å². The molecule has 0 saturated carbocycles. The third-order valence-electron chi connectivity index (χ3n) is 4.28. The van der Waals surface area contributed by atoms with Crippen molar-refractivity contribution >= 4 is 43.9 Å². The van der Waals surface area contributed by atoms with Crippen molar-refractivity contribution in [3.8, 4) is 0 Å². The van der Waals surface area contributed by atoms with Gasteiger partial charge in [-0.25, -0.2) is 15.0 Å². The summed E-state index contributed by atoms with van der Waals surface area (Å²) >= 11 is 2.91. The highest BCUT2D eigenvalue weighted by atomic mass is 32.1. The van der Waals surface area contributed by atoms with E-state index in [-0.39, 0.29) is 5.91 Å². The first-order chi connectivity index (χ1) is 13.0. The Morgan fingerprint density at radius 2 is 1.85 bits per heavy atom. The average Bonchev–Trinajstić information content (AvgIpc) is 3.20. The number of hydrogen-bond acceptors (Lipinski definition) is 6. The molecular formula is C20H18N4OS2. The molecule has 4 aromatic rings. The second-order valence-corrected chi connectivity index (χ2v) is 8.46. The van der Waals surface area contributed by atoms with E-state index in [1.807, 2.05) is 45.2 Å². The van der Waals surface area contributed by atoms with Crippen molar-refractivity contribution in [1.29, 1.82) is 0 Å². The molecule has 0 fully saturated rings. The van der Waals surface area contributed by atoms with Crippen LogP contribution in [-0.4, -0.2) is 20.9 Å². The number of carbonyl (C=O) groups is 1. The van der Waals surface area contributed by atoms with Gasteiger partial charge in [-0.2, -0.15) is 0 Å². The molecule has 1 N–H and O–H groups in total. The molecule has 0 saturated heterocycles. The summed E-state index contributed by atoms with van der Waals surface area (Å²) in [5, 5.41) is 4.52. The lowest BCUT2D eigenvalue weighted by atomic mass is 10.1. The van der Waals surface area contributed by atoms with Gasteiger partial charge in [0.1, 0.15) is 10.7 Å². The number of amides is 1. The van der Waals surface area contributed by atoms with Crippen LogP contribution in [0.15, 0.2) is 36.5 Å². The molecule has 3 aromatic heterocycles. The monoisotopic (exact) mass is 394 g/mol. The summed E-state index contributed by atoms with van der Waals surface area (Å²) in [6.45, 7) is 5.77. The number of thiazole rings is 1. The molecular weight excluding hydrogens is 376 g/mol. The Bertz CT molecular complexity index is 1130. The van der Waals surface area contributed by atoms with Gasteiger partial charge in [0.05, 0.1) is 4.88 Å². The molecule has 0 aliphatic carbocycles. The summed E-state index contributed by atoms with van der Waals surface area (Å²) in [5.74, 6) is 0.576. The van der Waals surface area contributed by atoms with E-state index in [0.29, 0.717) is 10.0 Å². The Balaban J connectivity index is 1.55. The van der Waals surface area contributed by atoms with Crippen molar-refractivity contribution in [3.63, 3.8) is 0 Å². The second kappa shape index (κ2) is 7.17. The van der Waals surface area contributed by atoms with Crippen LogP contribution in [0.5, 0.6) is 0 Å². The Morgan fingerprint density at radius 1 is 1.07 bits per heavy atom. The van der Waals surface area contributed by atoms with E-state index >= 15 is 0 Å². The van der Waals surface area contributed by atoms with E-state index in [1.54, 1.807) is 0 Å². The Labute approximate surface area is 165 Å². The zero-order valence-corrected chi connectivity index (χ0v) is 16.9. The van der Waals surface area contributed by atoms with Crippen LogP contribution in [0.25, 0.3) is 10.2 Å². The Morgan fingerprint density at radius 3 is 2.63 bits per heavy atom. The highest BCUT2D eigenvalue weighted by Crippen LogP contribution is 2.32. The lowest BCUT2D eigenvalue weighted by Gasteiger charge is -2.01. The third-order valence-corrected chi connectivity index (χ3v) is 6.38. The van der Waals surface area contributed by atoms with Gasteiger partial charge in [-0.05, 0) is 31.9 Å². The molecule has 0 atom stereocenters. The van der Waals surface area contributed by atoms with Crippen molar-refractivity contribution in [2.24, 2.45) is 0 Å². The van der Waals surface area contributed by atoms with Gasteiger partial charge in [0, 0.05) is 28.6 Å². The molecule has 1 amide bonds. The van der Waals surface area contributed by atoms with Crippen LogP contribution in [-0.2, 0) is 6.42 Å². The van der Waals surface area contributed by atoms with Crippen molar-refractivity contribution in [3.05, 3.63) is 68.9 Å². The largest absolute Gasteiger partial charge is 0.297 e. The number of fused-ring (bicyclic) bond motifs is 1. The summed E-state index contributed by atoms with van der Waals surface area (Å²) < 4.78 is 0. The fourth-order valence-corrected chi connectivity index (χ4v) is 5.10. The number of carbonyl (C=O) groups excluding carboxylic acids is 1. The predicted molar refractivity (Wildman–Crippen MR) is 111 cm³/mol. The van der Waals surface area contributed by atoms with Gasteiger partial charge in [-0.1, -0.05) is 30.3 Å². The summed E-state index contributed by atoms with van der Waals surface area (Å²) in [7, 11) is 0. The van der Waals surface area contributed by atoms with E-state index < -0.39 is 0 Å². The fraction of sp³-hybridized carbons (Fsp3) is 0.200. The van der Waals surface area contributed by atoms with Crippen LogP contribution in [0.1, 0.15) is 37.2 Å². The lowest BCUT2D eigenvalue weighted by molar-refractivity contribution is 0.103. The molecule has 0 radical (unpaired) electrons. The quantitative estimate of drug-likeness (QED) is 0.534. The fourth-order valence-electron chi connectivity index (χ4n) is 3.09. The maximum Gasteiger partial charge on any atom is 0.267 e. The van der Waals surface area contributed by atoms with Gasteiger partial charge in [-0.15, -0.1) is 22.7 Å². The number of hydrogen-bond donors (Lipinski definition) is 1. The summed E-state index contributed by atoms with van der Waals surface area (Å²) in [5.41, 5.74) is 3.06. The van der Waals surface area contributed by atoms with Crippen LogP contribution in [0, 0.1) is 20.8 Å². The minimum absolute atomic E-state index is 0.145. The van der Waals surface area contributed by atoms with Gasteiger partial charge in [0.25, 0.3) is 5.91 Å². The van der Waals surface area contributed by atoms with Gasteiger partial charge in [0.15, 0.2) is 5.13 Å². The molecule has 4 rings (SSSR count). The summed E-state index contributed by atoms with van der Waals surface area (Å²) in [4.78, 5) is 28.7. The summed E-state index contributed by atoms with van der Waals surface area (Å²) in [6.07, 6.45) is 2.63. The smallest absolute Gasteiger partial charge is 0.267 e. The lowest BCUT2D eigenvalue weighted by Crippen LogP contribution is -2.11. The molecule has 0 aliphatic rings. The van der Waals surface area contributed by atoms with Crippen LogP contribution >= 0.6 is 22.7 Å². The highest BCUT2D eigenvalue weighted by Gasteiger charge is 2.19. The molecule has 0 spiro atoms. The zero-order chi connectivity index (χ0) is 19.0. The number of nitrogens with zero attached hydrogens (tertiary/aromatic N) is 3. The molecule has 0 bridgehead atoms. The number of thiophene rings is 1. The van der Waals surface area contributed by atoms with Crippen LogP contribution in [0.2, 0.25) is 0 Å². The number of rotatable bonds is 4. The van der Waals surface area contributed by atoms with E-state index in [9.17, 15) is 4.79 Å². The Kier molecular flexibility index (Phi) is 4.72. The second-order valence-electron chi connectivity index (χ2n) is 6.34. The number of nitrogens with one attached hydrogen (secondary N) is 1. The number of aromatic nitrogens is 3. The first-order valence-corrected chi connectivity index (χ1v) is 10.2. The molecule has 0 aliphatic heterocycles.